The third-order valence-electron chi connectivity index (χ3n) is 3.15. The lowest BCUT2D eigenvalue weighted by molar-refractivity contribution is 0.369. The van der Waals surface area contributed by atoms with Gasteiger partial charge in [0.15, 0.2) is 0 Å². The number of rotatable bonds is 8. The van der Waals surface area contributed by atoms with Gasteiger partial charge in [0, 0.05) is 22.2 Å². The van der Waals surface area contributed by atoms with Crippen molar-refractivity contribution < 1.29 is 4.52 Å². The molecule has 2 nitrogen and oxygen atoms in total. The lowest BCUT2D eigenvalue weighted by Gasteiger charge is -2.18. The zero-order valence-electron chi connectivity index (χ0n) is 13.7. The van der Waals surface area contributed by atoms with Gasteiger partial charge in [-0.1, -0.05) is 78.3 Å². The van der Waals surface area contributed by atoms with E-state index in [0.29, 0.717) is 6.61 Å². The number of nitrogens with zero attached hydrogens (tertiary/aromatic N) is 1. The molecule has 0 N–H and O–H groups in total. The van der Waals surface area contributed by atoms with E-state index in [1.165, 1.54) is 10.6 Å². The Hall–Kier alpha value is -1.18. The minimum atomic E-state index is -0.781. The van der Waals surface area contributed by atoms with Crippen LogP contribution in [0.25, 0.3) is 0 Å². The molecule has 0 aliphatic heterocycles. The van der Waals surface area contributed by atoms with Gasteiger partial charge in [-0.05, 0) is 20.5 Å². The number of likely N-dealkylation sites (N-methyl/N-ethyl adjacent to an activating group) is 1. The third kappa shape index (κ3) is 6.45. The molecule has 2 aromatic carbocycles. The molecule has 0 amide bonds. The average molecular weight is 348 g/mol. The third-order valence-corrected chi connectivity index (χ3v) is 5.40. The molecule has 0 radical (unpaired) electrons. The predicted molar refractivity (Wildman–Crippen MR) is 102 cm³/mol. The Morgan fingerprint density at radius 3 is 2.00 bits per heavy atom. The Labute approximate surface area is 145 Å². The zero-order chi connectivity index (χ0) is 16.5. The molecule has 0 saturated heterocycles. The summed E-state index contributed by atoms with van der Waals surface area (Å²) in [5, 5.41) is 3.33. The van der Waals surface area contributed by atoms with E-state index in [1.54, 1.807) is 0 Å². The highest BCUT2D eigenvalue weighted by atomic mass is 35.5. The van der Waals surface area contributed by atoms with Crippen molar-refractivity contribution in [3.05, 3.63) is 71.8 Å². The van der Waals surface area contributed by atoms with E-state index in [9.17, 15) is 0 Å². The van der Waals surface area contributed by atoms with Crippen LogP contribution in [-0.4, -0.2) is 32.1 Å². The summed E-state index contributed by atoms with van der Waals surface area (Å²) in [6.45, 7) is 1.44. The molecule has 4 heteroatoms. The van der Waals surface area contributed by atoms with Gasteiger partial charge < -0.3 is 9.42 Å². The van der Waals surface area contributed by atoms with Gasteiger partial charge in [-0.2, -0.15) is 0 Å². The largest absolute Gasteiger partial charge is 0.349 e. The molecule has 122 valence electrons. The molecule has 0 bridgehead atoms. The Balaban J connectivity index is 2.00. The van der Waals surface area contributed by atoms with E-state index in [2.05, 4.69) is 53.4 Å². The molecule has 0 aliphatic carbocycles. The first kappa shape index (κ1) is 18.2. The Morgan fingerprint density at radius 2 is 1.52 bits per heavy atom. The van der Waals surface area contributed by atoms with E-state index in [1.807, 2.05) is 32.3 Å². The fourth-order valence-corrected chi connectivity index (χ4v) is 4.27. The van der Waals surface area contributed by atoms with Crippen molar-refractivity contribution in [2.75, 3.05) is 27.2 Å². The van der Waals surface area contributed by atoms with Crippen molar-refractivity contribution in [3.63, 3.8) is 0 Å². The molecule has 23 heavy (non-hydrogen) atoms. The molecule has 0 spiro atoms. The van der Waals surface area contributed by atoms with Crippen LogP contribution in [-0.2, 0) is 4.52 Å². The Kier molecular flexibility index (Phi) is 7.78. The van der Waals surface area contributed by atoms with Crippen molar-refractivity contribution in [3.8, 4) is 0 Å². The summed E-state index contributed by atoms with van der Waals surface area (Å²) in [6.07, 6.45) is 2.87. The Bertz CT molecular complexity index is 562. The number of benzene rings is 2. The molecular formula is C19H23ClNOP. The van der Waals surface area contributed by atoms with Gasteiger partial charge in [-0.3, -0.25) is 0 Å². The van der Waals surface area contributed by atoms with Gasteiger partial charge in [0.1, 0.15) is 0 Å². The van der Waals surface area contributed by atoms with Crippen LogP contribution in [0.1, 0.15) is 6.42 Å². The van der Waals surface area contributed by atoms with Crippen LogP contribution in [0.3, 0.4) is 0 Å². The second-order valence-corrected chi connectivity index (χ2v) is 7.84. The molecule has 0 unspecified atom stereocenters. The highest BCUT2D eigenvalue weighted by Crippen LogP contribution is 2.34. The first-order chi connectivity index (χ1) is 11.2. The van der Waals surface area contributed by atoms with Crippen LogP contribution in [0, 0.1) is 0 Å². The fourth-order valence-electron chi connectivity index (χ4n) is 2.15. The standard InChI is InChI=1S/C19H23ClNOP/c1-21(2)16-17(20)10-9-15-22-23(18-11-5-3-6-12-18)19-13-7-4-8-14-19/h3-8,10-14H,9,15-16H2,1-2H3. The van der Waals surface area contributed by atoms with E-state index in [0.717, 1.165) is 18.0 Å². The predicted octanol–water partition coefficient (Wildman–Crippen LogP) is 4.13. The average Bonchev–Trinajstić information content (AvgIpc) is 2.56. The minimum Gasteiger partial charge on any atom is -0.349 e. The molecule has 0 saturated carbocycles. The highest BCUT2D eigenvalue weighted by molar-refractivity contribution is 7.68. The number of hydrogen-bond acceptors (Lipinski definition) is 2. The van der Waals surface area contributed by atoms with Gasteiger partial charge in [0.2, 0.25) is 0 Å². The van der Waals surface area contributed by atoms with Gasteiger partial charge >= 0.3 is 0 Å². The summed E-state index contributed by atoms with van der Waals surface area (Å²) < 4.78 is 6.22. The summed E-state index contributed by atoms with van der Waals surface area (Å²) in [6, 6.07) is 20.8. The molecule has 0 aliphatic rings. The second kappa shape index (κ2) is 9.85. The maximum atomic E-state index is 6.22. The molecule has 2 aromatic rings. The van der Waals surface area contributed by atoms with E-state index >= 15 is 0 Å². The summed E-state index contributed by atoms with van der Waals surface area (Å²) in [4.78, 5) is 2.06. The smallest absolute Gasteiger partial charge is 0.0917 e. The van der Waals surface area contributed by atoms with Crippen LogP contribution in [0.2, 0.25) is 0 Å². The first-order valence-electron chi connectivity index (χ1n) is 7.69. The Morgan fingerprint density at radius 1 is 1.00 bits per heavy atom. The van der Waals surface area contributed by atoms with Crippen LogP contribution in [0.4, 0.5) is 0 Å². The molecular weight excluding hydrogens is 325 g/mol. The van der Waals surface area contributed by atoms with Crippen molar-refractivity contribution >= 4 is 30.4 Å². The maximum absolute atomic E-state index is 6.22. The summed E-state index contributed by atoms with van der Waals surface area (Å²) >= 11 is 6.19. The van der Waals surface area contributed by atoms with Crippen LogP contribution in [0.5, 0.6) is 0 Å². The SMILES string of the molecule is CN(C)CC(Cl)=CCCOP(c1ccccc1)c1ccccc1. The van der Waals surface area contributed by atoms with Gasteiger partial charge in [-0.25, -0.2) is 0 Å². The number of halogens is 1. The molecule has 0 aromatic heterocycles. The molecule has 0 heterocycles. The van der Waals surface area contributed by atoms with Crippen LogP contribution in [0.15, 0.2) is 71.8 Å². The molecule has 2 rings (SSSR count). The first-order valence-corrected chi connectivity index (χ1v) is 9.33. The topological polar surface area (TPSA) is 12.5 Å². The highest BCUT2D eigenvalue weighted by Gasteiger charge is 2.14. The summed E-state index contributed by atoms with van der Waals surface area (Å²) in [7, 11) is 3.24. The van der Waals surface area contributed by atoms with Gasteiger partial charge in [0.25, 0.3) is 0 Å². The lowest BCUT2D eigenvalue weighted by Crippen LogP contribution is -2.14. The van der Waals surface area contributed by atoms with Gasteiger partial charge in [0.05, 0.1) is 14.8 Å². The molecule has 0 fully saturated rings. The number of hydrogen-bond donors (Lipinski definition) is 0. The van der Waals surface area contributed by atoms with E-state index in [-0.39, 0.29) is 0 Å². The fraction of sp³-hybridized carbons (Fsp3) is 0.263. The van der Waals surface area contributed by atoms with Crippen molar-refractivity contribution in [1.29, 1.82) is 0 Å². The van der Waals surface area contributed by atoms with Crippen LogP contribution < -0.4 is 10.6 Å². The second-order valence-electron chi connectivity index (χ2n) is 5.48. The summed E-state index contributed by atoms with van der Waals surface area (Å²) in [5.74, 6) is 0. The van der Waals surface area contributed by atoms with Gasteiger partial charge in [-0.15, -0.1) is 0 Å². The van der Waals surface area contributed by atoms with Crippen molar-refractivity contribution in [2.24, 2.45) is 0 Å². The van der Waals surface area contributed by atoms with E-state index < -0.39 is 8.15 Å². The van der Waals surface area contributed by atoms with Crippen molar-refractivity contribution in [1.82, 2.24) is 4.90 Å². The monoisotopic (exact) mass is 347 g/mol. The lowest BCUT2D eigenvalue weighted by atomic mass is 10.4. The van der Waals surface area contributed by atoms with Crippen LogP contribution >= 0.6 is 19.7 Å². The molecule has 0 atom stereocenters. The normalized spacial score (nSPS) is 12.1. The summed E-state index contributed by atoms with van der Waals surface area (Å²) in [5.41, 5.74) is 0. The minimum absolute atomic E-state index is 0.666. The van der Waals surface area contributed by atoms with Crippen molar-refractivity contribution in [2.45, 2.75) is 6.42 Å². The quantitative estimate of drug-likeness (QED) is 0.526. The zero-order valence-corrected chi connectivity index (χ0v) is 15.3. The van der Waals surface area contributed by atoms with E-state index in [4.69, 9.17) is 16.1 Å². The maximum Gasteiger partial charge on any atom is 0.0917 e.